The number of carbonyl (C=O) groups is 2. The van der Waals surface area contributed by atoms with Crippen LogP contribution in [0.5, 0.6) is 0 Å². The van der Waals surface area contributed by atoms with Crippen LogP contribution in [0.25, 0.3) is 0 Å². The number of fused-ring (bicyclic) bond motifs is 1. The van der Waals surface area contributed by atoms with Crippen molar-refractivity contribution in [3.05, 3.63) is 58.1 Å². The maximum Gasteiger partial charge on any atom is 0.329 e. The molecule has 0 unspecified atom stereocenters. The van der Waals surface area contributed by atoms with E-state index in [1.54, 1.807) is 24.3 Å². The number of urea groups is 1. The fraction of sp³-hybridized carbons (Fsp3) is 0.417. The van der Waals surface area contributed by atoms with Crippen LogP contribution in [-0.2, 0) is 10.5 Å². The minimum absolute atomic E-state index is 0.208. The van der Waals surface area contributed by atoms with Gasteiger partial charge in [0.05, 0.1) is 21.4 Å². The SMILES string of the molecule is C[C@@H]1CCCCN1CCCNC(=O)[C@@]1(O)c2ccccc2NC(=O)N1c1ccc(Cl)c(Cl)c1. The first-order valence-electron chi connectivity index (χ1n) is 11.2. The molecular formula is C24H28Cl2N4O3. The van der Waals surface area contributed by atoms with Gasteiger partial charge in [0.15, 0.2) is 0 Å². The number of amides is 3. The van der Waals surface area contributed by atoms with Gasteiger partial charge in [0.2, 0.25) is 0 Å². The summed E-state index contributed by atoms with van der Waals surface area (Å²) in [6.07, 6.45) is 4.39. The highest BCUT2D eigenvalue weighted by atomic mass is 35.5. The van der Waals surface area contributed by atoms with Crippen molar-refractivity contribution in [1.29, 1.82) is 0 Å². The third kappa shape index (κ3) is 4.68. The number of para-hydroxylation sites is 1. The Labute approximate surface area is 203 Å². The van der Waals surface area contributed by atoms with E-state index in [1.165, 1.54) is 37.5 Å². The van der Waals surface area contributed by atoms with Gasteiger partial charge in [-0.1, -0.05) is 47.8 Å². The number of hydrogen-bond acceptors (Lipinski definition) is 4. The van der Waals surface area contributed by atoms with Gasteiger partial charge in [0.1, 0.15) is 0 Å². The first kappa shape index (κ1) is 23.8. The fourth-order valence-electron chi connectivity index (χ4n) is 4.58. The molecule has 0 aromatic heterocycles. The summed E-state index contributed by atoms with van der Waals surface area (Å²) >= 11 is 12.2. The first-order valence-corrected chi connectivity index (χ1v) is 12.0. The van der Waals surface area contributed by atoms with Gasteiger partial charge in [-0.2, -0.15) is 0 Å². The number of benzene rings is 2. The molecule has 2 aliphatic heterocycles. The van der Waals surface area contributed by atoms with Crippen LogP contribution in [0.2, 0.25) is 10.0 Å². The van der Waals surface area contributed by atoms with E-state index < -0.39 is 17.7 Å². The molecule has 4 rings (SSSR count). The Kier molecular flexibility index (Phi) is 7.14. The number of nitrogens with one attached hydrogen (secondary N) is 2. The summed E-state index contributed by atoms with van der Waals surface area (Å²) in [4.78, 5) is 29.9. The Morgan fingerprint density at radius 3 is 2.76 bits per heavy atom. The van der Waals surface area contributed by atoms with Gasteiger partial charge >= 0.3 is 6.03 Å². The Bertz CT molecular complexity index is 1050. The van der Waals surface area contributed by atoms with Crippen LogP contribution < -0.4 is 15.5 Å². The summed E-state index contributed by atoms with van der Waals surface area (Å²) in [7, 11) is 0. The zero-order chi connectivity index (χ0) is 23.6. The second kappa shape index (κ2) is 9.89. The van der Waals surface area contributed by atoms with Crippen LogP contribution in [0.15, 0.2) is 42.5 Å². The van der Waals surface area contributed by atoms with Crippen molar-refractivity contribution in [2.24, 2.45) is 0 Å². The number of carbonyl (C=O) groups excluding carboxylic acids is 2. The number of piperidine rings is 1. The lowest BCUT2D eigenvalue weighted by molar-refractivity contribution is -0.140. The molecule has 2 aromatic carbocycles. The lowest BCUT2D eigenvalue weighted by Gasteiger charge is -2.42. The first-order chi connectivity index (χ1) is 15.8. The summed E-state index contributed by atoms with van der Waals surface area (Å²) in [6.45, 7) is 4.54. The summed E-state index contributed by atoms with van der Waals surface area (Å²) in [5.41, 5.74) is -1.36. The standard InChI is InChI=1S/C24H28Cl2N4O3/c1-16-7-4-5-13-29(16)14-6-12-27-22(31)24(33)18-8-2-3-9-21(18)28-23(32)30(24)17-10-11-19(25)20(26)15-17/h2-3,8-11,15-16,33H,4-7,12-14H2,1H3,(H,27,31)(H,28,32)/t16-,24+/m1/s1. The van der Waals surface area contributed by atoms with Crippen molar-refractivity contribution in [1.82, 2.24) is 10.2 Å². The van der Waals surface area contributed by atoms with E-state index in [0.29, 0.717) is 23.3 Å². The zero-order valence-corrected chi connectivity index (χ0v) is 20.0. The van der Waals surface area contributed by atoms with Crippen LogP contribution in [0.3, 0.4) is 0 Å². The average Bonchev–Trinajstić information content (AvgIpc) is 2.80. The van der Waals surface area contributed by atoms with Gasteiger partial charge < -0.3 is 20.6 Å². The Morgan fingerprint density at radius 1 is 1.21 bits per heavy atom. The third-order valence-corrected chi connectivity index (χ3v) is 7.14. The molecule has 0 aliphatic carbocycles. The number of nitrogens with zero attached hydrogens (tertiary/aromatic N) is 2. The van der Waals surface area contributed by atoms with Gasteiger partial charge in [-0.05, 0) is 57.0 Å². The second-order valence-electron chi connectivity index (χ2n) is 8.57. The van der Waals surface area contributed by atoms with Crippen molar-refractivity contribution in [3.63, 3.8) is 0 Å². The molecule has 9 heteroatoms. The summed E-state index contributed by atoms with van der Waals surface area (Å²) in [6, 6.07) is 11.1. The van der Waals surface area contributed by atoms with Crippen LogP contribution in [-0.4, -0.2) is 47.6 Å². The van der Waals surface area contributed by atoms with Crippen LogP contribution in [0, 0.1) is 0 Å². The van der Waals surface area contributed by atoms with Crippen LogP contribution in [0.1, 0.15) is 38.2 Å². The minimum atomic E-state index is -2.26. The number of aliphatic hydroxyl groups is 1. The maximum absolute atomic E-state index is 13.4. The van der Waals surface area contributed by atoms with Gasteiger partial charge in [-0.25, -0.2) is 4.79 Å². The van der Waals surface area contributed by atoms with E-state index in [0.717, 1.165) is 24.4 Å². The van der Waals surface area contributed by atoms with Gasteiger partial charge in [-0.15, -0.1) is 0 Å². The van der Waals surface area contributed by atoms with Gasteiger partial charge in [0, 0.05) is 24.7 Å². The largest absolute Gasteiger partial charge is 0.359 e. The van der Waals surface area contributed by atoms with E-state index in [-0.39, 0.29) is 16.3 Å². The summed E-state index contributed by atoms with van der Waals surface area (Å²) in [5.74, 6) is -0.678. The molecule has 2 heterocycles. The maximum atomic E-state index is 13.4. The van der Waals surface area contributed by atoms with E-state index in [1.807, 2.05) is 0 Å². The molecule has 3 N–H and O–H groups in total. The van der Waals surface area contributed by atoms with E-state index in [4.69, 9.17) is 23.2 Å². The predicted octanol–water partition coefficient (Wildman–Crippen LogP) is 4.57. The Morgan fingerprint density at radius 2 is 2.00 bits per heavy atom. The van der Waals surface area contributed by atoms with Crippen molar-refractivity contribution < 1.29 is 14.7 Å². The van der Waals surface area contributed by atoms with Crippen LogP contribution >= 0.6 is 23.2 Å². The van der Waals surface area contributed by atoms with Gasteiger partial charge in [-0.3, -0.25) is 9.69 Å². The monoisotopic (exact) mass is 490 g/mol. The molecule has 2 aliphatic rings. The molecule has 2 atom stereocenters. The highest BCUT2D eigenvalue weighted by molar-refractivity contribution is 6.42. The van der Waals surface area contributed by atoms with Crippen molar-refractivity contribution in [2.75, 3.05) is 29.9 Å². The molecule has 1 fully saturated rings. The van der Waals surface area contributed by atoms with Crippen molar-refractivity contribution in [2.45, 2.75) is 44.4 Å². The summed E-state index contributed by atoms with van der Waals surface area (Å²) in [5, 5.41) is 17.9. The third-order valence-electron chi connectivity index (χ3n) is 6.40. The van der Waals surface area contributed by atoms with Crippen LogP contribution in [0.4, 0.5) is 16.2 Å². The number of halogens is 2. The molecule has 0 saturated carbocycles. The molecule has 2 aromatic rings. The topological polar surface area (TPSA) is 84.9 Å². The second-order valence-corrected chi connectivity index (χ2v) is 9.39. The fourth-order valence-corrected chi connectivity index (χ4v) is 4.88. The van der Waals surface area contributed by atoms with E-state index in [9.17, 15) is 14.7 Å². The Balaban J connectivity index is 1.57. The number of hydrogen-bond donors (Lipinski definition) is 3. The molecule has 33 heavy (non-hydrogen) atoms. The zero-order valence-electron chi connectivity index (χ0n) is 18.5. The quantitative estimate of drug-likeness (QED) is 0.517. The molecule has 3 amide bonds. The van der Waals surface area contributed by atoms with E-state index >= 15 is 0 Å². The Hall–Kier alpha value is -2.32. The molecule has 0 spiro atoms. The van der Waals surface area contributed by atoms with E-state index in [2.05, 4.69) is 22.5 Å². The lowest BCUT2D eigenvalue weighted by atomic mass is 9.94. The normalized spacial score (nSPS) is 23.1. The number of rotatable bonds is 6. The molecule has 7 nitrogen and oxygen atoms in total. The lowest BCUT2D eigenvalue weighted by Crippen LogP contribution is -2.62. The number of anilines is 2. The molecular weight excluding hydrogens is 463 g/mol. The van der Waals surface area contributed by atoms with Gasteiger partial charge in [0.25, 0.3) is 11.6 Å². The highest BCUT2D eigenvalue weighted by Gasteiger charge is 2.51. The predicted molar refractivity (Wildman–Crippen MR) is 131 cm³/mol. The average molecular weight is 491 g/mol. The molecule has 0 radical (unpaired) electrons. The van der Waals surface area contributed by atoms with Crippen molar-refractivity contribution >= 4 is 46.5 Å². The smallest absolute Gasteiger partial charge is 0.329 e. The summed E-state index contributed by atoms with van der Waals surface area (Å²) < 4.78 is 0. The molecule has 176 valence electrons. The number of likely N-dealkylation sites (tertiary alicyclic amines) is 1. The highest BCUT2D eigenvalue weighted by Crippen LogP contribution is 2.41. The molecule has 0 bridgehead atoms. The molecule has 1 saturated heterocycles. The minimum Gasteiger partial charge on any atom is -0.359 e. The van der Waals surface area contributed by atoms with Crippen molar-refractivity contribution in [3.8, 4) is 0 Å².